The molecule has 6 nitrogen and oxygen atoms in total. The number of likely N-dealkylation sites (tertiary alicyclic amines) is 1. The van der Waals surface area contributed by atoms with Crippen LogP contribution in [-0.4, -0.2) is 61.3 Å². The van der Waals surface area contributed by atoms with Crippen LogP contribution in [0.25, 0.3) is 0 Å². The molecule has 0 aliphatic carbocycles. The Morgan fingerprint density at radius 1 is 1.26 bits per heavy atom. The number of amides is 2. The summed E-state index contributed by atoms with van der Waals surface area (Å²) < 4.78 is 5.39. The highest BCUT2D eigenvalue weighted by atomic mass is 16.6. The summed E-state index contributed by atoms with van der Waals surface area (Å²) in [5, 5.41) is 2.97. The Hall–Kier alpha value is -1.30. The smallest absolute Gasteiger partial charge is 0.410 e. The summed E-state index contributed by atoms with van der Waals surface area (Å²) in [6.45, 7) is 14.4. The Morgan fingerprint density at radius 2 is 1.91 bits per heavy atom. The zero-order chi connectivity index (χ0) is 17.5. The third-order valence-electron chi connectivity index (χ3n) is 4.19. The van der Waals surface area contributed by atoms with Crippen molar-refractivity contribution < 1.29 is 19.2 Å². The predicted octanol–water partition coefficient (Wildman–Crippen LogP) is 0.817. The first-order chi connectivity index (χ1) is 10.8. The van der Waals surface area contributed by atoms with Gasteiger partial charge in [-0.05, 0) is 47.5 Å². The number of rotatable bonds is 7. The highest BCUT2D eigenvalue weighted by Gasteiger charge is 2.36. The topological polar surface area (TPSA) is 63.1 Å². The van der Waals surface area contributed by atoms with Crippen molar-refractivity contribution in [1.29, 1.82) is 0 Å². The molecule has 1 fully saturated rings. The summed E-state index contributed by atoms with van der Waals surface area (Å²) in [5.74, 6) is -0.0529. The maximum Gasteiger partial charge on any atom is 0.410 e. The maximum atomic E-state index is 12.3. The Kier molecular flexibility index (Phi) is 7.82. The molecule has 0 bridgehead atoms. The average molecular weight is 328 g/mol. The van der Waals surface area contributed by atoms with Gasteiger partial charge in [-0.1, -0.05) is 0 Å². The van der Waals surface area contributed by atoms with Crippen LogP contribution in [-0.2, 0) is 9.53 Å². The molecule has 1 saturated heterocycles. The van der Waals surface area contributed by atoms with E-state index in [2.05, 4.69) is 19.2 Å². The van der Waals surface area contributed by atoms with E-state index in [9.17, 15) is 9.59 Å². The number of carbonyl (C=O) groups excluding carboxylic acids is 2. The predicted molar refractivity (Wildman–Crippen MR) is 90.5 cm³/mol. The number of carbonyl (C=O) groups is 2. The summed E-state index contributed by atoms with van der Waals surface area (Å²) in [7, 11) is 0. The highest BCUT2D eigenvalue weighted by Crippen LogP contribution is 2.20. The van der Waals surface area contributed by atoms with Crippen molar-refractivity contribution in [3.63, 3.8) is 0 Å². The van der Waals surface area contributed by atoms with E-state index in [0.717, 1.165) is 32.5 Å². The molecule has 0 unspecified atom stereocenters. The molecule has 1 aliphatic rings. The third kappa shape index (κ3) is 6.77. The van der Waals surface area contributed by atoms with Crippen LogP contribution in [0.2, 0.25) is 0 Å². The van der Waals surface area contributed by atoms with E-state index in [1.807, 2.05) is 20.8 Å². The fraction of sp³-hybridized carbons (Fsp3) is 0.882. The third-order valence-corrected chi connectivity index (χ3v) is 4.19. The summed E-state index contributed by atoms with van der Waals surface area (Å²) in [5.41, 5.74) is -0.534. The second-order valence-corrected chi connectivity index (χ2v) is 7.18. The fourth-order valence-electron chi connectivity index (χ4n) is 2.85. The molecule has 0 saturated carbocycles. The van der Waals surface area contributed by atoms with E-state index in [1.54, 1.807) is 4.90 Å². The molecule has 1 atom stereocenters. The van der Waals surface area contributed by atoms with Gasteiger partial charge in [0.15, 0.2) is 0 Å². The standard InChI is InChI=1S/C17H33N3O3/c1-6-19(7-2)12-9-11-18-15(21)14-10-8-13-20(14)16(22)23-17(3,4)5/h14H,6-13H2,1-5H3,(H,18,21)/p+1/t14-/m0/s1. The Bertz CT molecular complexity index is 389. The second-order valence-electron chi connectivity index (χ2n) is 7.18. The number of nitrogens with zero attached hydrogens (tertiary/aromatic N) is 1. The minimum Gasteiger partial charge on any atom is -0.444 e. The van der Waals surface area contributed by atoms with Crippen molar-refractivity contribution in [3.05, 3.63) is 0 Å². The number of quaternary nitrogens is 1. The molecule has 6 heteroatoms. The van der Waals surface area contributed by atoms with Gasteiger partial charge < -0.3 is 15.0 Å². The fourth-order valence-corrected chi connectivity index (χ4v) is 2.85. The molecule has 0 aromatic heterocycles. The molecule has 0 spiro atoms. The molecule has 1 heterocycles. The van der Waals surface area contributed by atoms with Crippen LogP contribution in [0.4, 0.5) is 4.79 Å². The summed E-state index contributed by atoms with van der Waals surface area (Å²) in [6, 6.07) is -0.384. The molecule has 134 valence electrons. The van der Waals surface area contributed by atoms with Crippen LogP contribution in [0.15, 0.2) is 0 Å². The summed E-state index contributed by atoms with van der Waals surface area (Å²) in [4.78, 5) is 27.6. The summed E-state index contributed by atoms with van der Waals surface area (Å²) in [6.07, 6.45) is 2.14. The molecule has 0 radical (unpaired) electrons. The quantitative estimate of drug-likeness (QED) is 0.680. The van der Waals surface area contributed by atoms with E-state index in [4.69, 9.17) is 4.74 Å². The molecule has 0 aromatic carbocycles. The van der Waals surface area contributed by atoms with Gasteiger partial charge >= 0.3 is 6.09 Å². The largest absolute Gasteiger partial charge is 0.444 e. The van der Waals surface area contributed by atoms with Gasteiger partial charge in [-0.15, -0.1) is 0 Å². The number of hydrogen-bond acceptors (Lipinski definition) is 3. The van der Waals surface area contributed by atoms with Crippen LogP contribution >= 0.6 is 0 Å². The van der Waals surface area contributed by atoms with Crippen LogP contribution < -0.4 is 10.2 Å². The van der Waals surface area contributed by atoms with Crippen LogP contribution in [0.3, 0.4) is 0 Å². The van der Waals surface area contributed by atoms with Crippen molar-refractivity contribution in [3.8, 4) is 0 Å². The monoisotopic (exact) mass is 328 g/mol. The van der Waals surface area contributed by atoms with Gasteiger partial charge in [0.05, 0.1) is 19.6 Å². The van der Waals surface area contributed by atoms with E-state index in [-0.39, 0.29) is 18.0 Å². The normalized spacial score (nSPS) is 18.3. The molecule has 1 rings (SSSR count). The van der Waals surface area contributed by atoms with E-state index < -0.39 is 5.60 Å². The molecule has 0 aromatic rings. The van der Waals surface area contributed by atoms with Crippen molar-refractivity contribution >= 4 is 12.0 Å². The van der Waals surface area contributed by atoms with Crippen LogP contribution in [0.5, 0.6) is 0 Å². The number of hydrogen-bond donors (Lipinski definition) is 2. The molecule has 1 aliphatic heterocycles. The molecule has 2 N–H and O–H groups in total. The zero-order valence-corrected chi connectivity index (χ0v) is 15.4. The lowest BCUT2D eigenvalue weighted by Crippen LogP contribution is -3.11. The highest BCUT2D eigenvalue weighted by molar-refractivity contribution is 5.86. The molecular weight excluding hydrogens is 294 g/mol. The van der Waals surface area contributed by atoms with Crippen molar-refractivity contribution in [2.45, 2.75) is 65.5 Å². The molecule has 23 heavy (non-hydrogen) atoms. The lowest BCUT2D eigenvalue weighted by atomic mass is 10.2. The van der Waals surface area contributed by atoms with Crippen LogP contribution in [0, 0.1) is 0 Å². The molecule has 2 amide bonds. The Labute approximate surface area is 140 Å². The number of nitrogens with one attached hydrogen (secondary N) is 2. The lowest BCUT2D eigenvalue weighted by Gasteiger charge is -2.28. The SMILES string of the molecule is CC[NH+](CC)CCCNC(=O)[C@@H]1CCCN1C(=O)OC(C)(C)C. The van der Waals surface area contributed by atoms with E-state index >= 15 is 0 Å². The first-order valence-corrected chi connectivity index (χ1v) is 8.89. The van der Waals surface area contributed by atoms with Gasteiger partial charge in [0, 0.05) is 19.5 Å². The summed E-state index contributed by atoms with van der Waals surface area (Å²) >= 11 is 0. The van der Waals surface area contributed by atoms with Gasteiger partial charge in [-0.25, -0.2) is 4.79 Å². The van der Waals surface area contributed by atoms with Gasteiger partial charge in [-0.2, -0.15) is 0 Å². The van der Waals surface area contributed by atoms with Crippen molar-refractivity contribution in [2.24, 2.45) is 0 Å². The Balaban J connectivity index is 2.41. The van der Waals surface area contributed by atoms with Gasteiger partial charge in [-0.3, -0.25) is 9.69 Å². The average Bonchev–Trinajstić information content (AvgIpc) is 2.95. The minimum absolute atomic E-state index is 0.0529. The lowest BCUT2D eigenvalue weighted by molar-refractivity contribution is -0.896. The first-order valence-electron chi connectivity index (χ1n) is 8.89. The van der Waals surface area contributed by atoms with Crippen LogP contribution in [0.1, 0.15) is 53.9 Å². The van der Waals surface area contributed by atoms with E-state index in [0.29, 0.717) is 19.5 Å². The first kappa shape index (κ1) is 19.7. The number of ether oxygens (including phenoxy) is 1. The Morgan fingerprint density at radius 3 is 2.48 bits per heavy atom. The zero-order valence-electron chi connectivity index (χ0n) is 15.4. The molecular formula is C17H34N3O3+. The maximum absolute atomic E-state index is 12.3. The second kappa shape index (κ2) is 9.11. The van der Waals surface area contributed by atoms with Crippen molar-refractivity contribution in [1.82, 2.24) is 10.2 Å². The van der Waals surface area contributed by atoms with Gasteiger partial charge in [0.2, 0.25) is 5.91 Å². The minimum atomic E-state index is -0.534. The van der Waals surface area contributed by atoms with E-state index in [1.165, 1.54) is 4.90 Å². The van der Waals surface area contributed by atoms with Crippen molar-refractivity contribution in [2.75, 3.05) is 32.7 Å². The van der Waals surface area contributed by atoms with Gasteiger partial charge in [0.1, 0.15) is 11.6 Å². The van der Waals surface area contributed by atoms with Gasteiger partial charge in [0.25, 0.3) is 0 Å².